The van der Waals surface area contributed by atoms with Gasteiger partial charge in [0.15, 0.2) is 0 Å². The van der Waals surface area contributed by atoms with Crippen molar-refractivity contribution in [3.05, 3.63) is 35.5 Å². The van der Waals surface area contributed by atoms with Crippen molar-refractivity contribution in [3.63, 3.8) is 0 Å². The second-order valence-electron chi connectivity index (χ2n) is 7.53. The smallest absolute Gasteiger partial charge is 0.387 e. The molecule has 3 heterocycles. The van der Waals surface area contributed by atoms with Gasteiger partial charge in [-0.25, -0.2) is 0 Å². The number of nitrogens with one attached hydrogen (secondary N) is 1. The minimum atomic E-state index is -3.03. The lowest BCUT2D eigenvalue weighted by atomic mass is 10.1. The van der Waals surface area contributed by atoms with Crippen LogP contribution in [0.4, 0.5) is 14.7 Å². The first-order chi connectivity index (χ1) is 15.0. The zero-order valence-electron chi connectivity index (χ0n) is 17.3. The van der Waals surface area contributed by atoms with Crippen LogP contribution in [0.1, 0.15) is 31.0 Å². The van der Waals surface area contributed by atoms with Gasteiger partial charge in [0.1, 0.15) is 11.4 Å². The number of rotatable bonds is 6. The molecular formula is C21H23F2N7O. The van der Waals surface area contributed by atoms with Crippen LogP contribution in [-0.4, -0.2) is 57.0 Å². The van der Waals surface area contributed by atoms with Crippen molar-refractivity contribution in [1.29, 1.82) is 5.26 Å². The number of nitriles is 1. The maximum Gasteiger partial charge on any atom is 0.387 e. The van der Waals surface area contributed by atoms with E-state index in [9.17, 15) is 8.78 Å². The fraction of sp³-hybridized carbons (Fsp3) is 0.429. The van der Waals surface area contributed by atoms with E-state index in [0.29, 0.717) is 22.7 Å². The van der Waals surface area contributed by atoms with E-state index in [4.69, 9.17) is 5.26 Å². The fourth-order valence-corrected chi connectivity index (χ4v) is 3.93. The van der Waals surface area contributed by atoms with Crippen molar-refractivity contribution in [2.45, 2.75) is 39.3 Å². The zero-order valence-corrected chi connectivity index (χ0v) is 17.3. The number of ether oxygens (including phenoxy) is 1. The third kappa shape index (κ3) is 4.41. The lowest BCUT2D eigenvalue weighted by Crippen LogP contribution is -2.42. The summed E-state index contributed by atoms with van der Waals surface area (Å²) in [4.78, 5) is 2.37. The number of aromatic nitrogens is 4. The number of aryl methyl sites for hydroxylation is 1. The monoisotopic (exact) mass is 427 g/mol. The lowest BCUT2D eigenvalue weighted by Gasteiger charge is -2.32. The van der Waals surface area contributed by atoms with Crippen LogP contribution in [0.25, 0.3) is 16.8 Å². The molecule has 1 atom stereocenters. The number of hydrogen-bond acceptors (Lipinski definition) is 7. The van der Waals surface area contributed by atoms with Gasteiger partial charge in [-0.3, -0.25) is 0 Å². The Morgan fingerprint density at radius 1 is 1.32 bits per heavy atom. The van der Waals surface area contributed by atoms with E-state index in [1.54, 1.807) is 4.52 Å². The van der Waals surface area contributed by atoms with Gasteiger partial charge in [-0.2, -0.15) is 23.7 Å². The highest BCUT2D eigenvalue weighted by molar-refractivity contribution is 5.81. The van der Waals surface area contributed by atoms with E-state index in [0.717, 1.165) is 38.2 Å². The molecule has 4 rings (SSSR count). The fourth-order valence-electron chi connectivity index (χ4n) is 3.93. The summed E-state index contributed by atoms with van der Waals surface area (Å²) in [7, 11) is 0. The number of halogens is 2. The molecule has 1 fully saturated rings. The number of hydrogen-bond donors (Lipinski definition) is 1. The SMILES string of the molecule is CCN1CCC[C@@H](Nc2nnc(-c3ccc(C#N)cc3OC(F)F)c3cc(C)nn23)C1. The molecular weight excluding hydrogens is 404 g/mol. The number of piperidine rings is 1. The molecule has 10 heteroatoms. The predicted molar refractivity (Wildman–Crippen MR) is 111 cm³/mol. The Bertz CT molecular complexity index is 1120. The molecule has 1 aromatic carbocycles. The van der Waals surface area contributed by atoms with E-state index in [2.05, 4.69) is 37.2 Å². The van der Waals surface area contributed by atoms with Crippen molar-refractivity contribution in [1.82, 2.24) is 24.7 Å². The van der Waals surface area contributed by atoms with Gasteiger partial charge in [-0.1, -0.05) is 6.92 Å². The molecule has 8 nitrogen and oxygen atoms in total. The van der Waals surface area contributed by atoms with Crippen LogP contribution in [0.15, 0.2) is 24.3 Å². The number of alkyl halides is 2. The van der Waals surface area contributed by atoms with E-state index in [1.807, 2.05) is 19.1 Å². The van der Waals surface area contributed by atoms with E-state index >= 15 is 0 Å². The molecule has 162 valence electrons. The Hall–Kier alpha value is -3.32. The number of benzene rings is 1. The van der Waals surface area contributed by atoms with Crippen molar-refractivity contribution in [2.24, 2.45) is 0 Å². The Morgan fingerprint density at radius 2 is 2.16 bits per heavy atom. The molecule has 0 unspecified atom stereocenters. The van der Waals surface area contributed by atoms with Gasteiger partial charge in [0.2, 0.25) is 5.95 Å². The molecule has 31 heavy (non-hydrogen) atoms. The maximum atomic E-state index is 13.0. The summed E-state index contributed by atoms with van der Waals surface area (Å²) in [5.41, 5.74) is 2.23. The van der Waals surface area contributed by atoms with Crippen LogP contribution < -0.4 is 10.1 Å². The first kappa shape index (κ1) is 20.9. The topological polar surface area (TPSA) is 91.4 Å². The van der Waals surface area contributed by atoms with Gasteiger partial charge in [0.25, 0.3) is 0 Å². The highest BCUT2D eigenvalue weighted by Crippen LogP contribution is 2.34. The molecule has 0 saturated carbocycles. The number of fused-ring (bicyclic) bond motifs is 1. The molecule has 0 radical (unpaired) electrons. The summed E-state index contributed by atoms with van der Waals surface area (Å²) in [5, 5.41) is 25.7. The van der Waals surface area contributed by atoms with Gasteiger partial charge in [-0.15, -0.1) is 10.2 Å². The van der Waals surface area contributed by atoms with Crippen molar-refractivity contribution >= 4 is 11.5 Å². The molecule has 1 saturated heterocycles. The van der Waals surface area contributed by atoms with Crippen molar-refractivity contribution in [2.75, 3.05) is 25.0 Å². The van der Waals surface area contributed by atoms with Crippen molar-refractivity contribution in [3.8, 4) is 23.1 Å². The first-order valence-corrected chi connectivity index (χ1v) is 10.2. The van der Waals surface area contributed by atoms with E-state index in [-0.39, 0.29) is 17.4 Å². The summed E-state index contributed by atoms with van der Waals surface area (Å²) >= 11 is 0. The second kappa shape index (κ2) is 8.81. The van der Waals surface area contributed by atoms with Crippen LogP contribution in [0.3, 0.4) is 0 Å². The van der Waals surface area contributed by atoms with E-state index < -0.39 is 6.61 Å². The van der Waals surface area contributed by atoms with Crippen LogP contribution >= 0.6 is 0 Å². The first-order valence-electron chi connectivity index (χ1n) is 10.2. The molecule has 1 N–H and O–H groups in total. The average Bonchev–Trinajstić information content (AvgIpc) is 3.16. The number of likely N-dealkylation sites (tertiary alicyclic amines) is 1. The van der Waals surface area contributed by atoms with Gasteiger partial charge >= 0.3 is 6.61 Å². The largest absolute Gasteiger partial charge is 0.434 e. The Balaban J connectivity index is 1.75. The highest BCUT2D eigenvalue weighted by atomic mass is 19.3. The zero-order chi connectivity index (χ0) is 22.0. The molecule has 0 bridgehead atoms. The number of anilines is 1. The second-order valence-corrected chi connectivity index (χ2v) is 7.53. The molecule has 0 spiro atoms. The molecule has 0 aliphatic carbocycles. The molecule has 1 aliphatic rings. The van der Waals surface area contributed by atoms with E-state index in [1.165, 1.54) is 18.2 Å². The summed E-state index contributed by atoms with van der Waals surface area (Å²) in [6, 6.07) is 8.31. The average molecular weight is 427 g/mol. The number of likely N-dealkylation sites (N-methyl/N-ethyl adjacent to an activating group) is 1. The summed E-state index contributed by atoms with van der Waals surface area (Å²) in [6.07, 6.45) is 2.11. The van der Waals surface area contributed by atoms with Crippen molar-refractivity contribution < 1.29 is 13.5 Å². The van der Waals surface area contributed by atoms with Gasteiger partial charge in [0.05, 0.1) is 22.8 Å². The third-order valence-electron chi connectivity index (χ3n) is 5.39. The normalized spacial score (nSPS) is 17.1. The number of nitrogens with zero attached hydrogens (tertiary/aromatic N) is 6. The lowest BCUT2D eigenvalue weighted by molar-refractivity contribution is -0.0494. The molecule has 2 aromatic heterocycles. The maximum absolute atomic E-state index is 13.0. The Morgan fingerprint density at radius 3 is 2.90 bits per heavy atom. The molecule has 0 amide bonds. The third-order valence-corrected chi connectivity index (χ3v) is 5.39. The summed E-state index contributed by atoms with van der Waals surface area (Å²) in [6.45, 7) is 3.94. The van der Waals surface area contributed by atoms with Gasteiger partial charge in [-0.05, 0) is 57.1 Å². The summed E-state index contributed by atoms with van der Waals surface area (Å²) < 4.78 is 32.3. The Kier molecular flexibility index (Phi) is 5.95. The molecule has 3 aromatic rings. The highest BCUT2D eigenvalue weighted by Gasteiger charge is 2.23. The predicted octanol–water partition coefficient (Wildman–Crippen LogP) is 3.47. The molecule has 1 aliphatic heterocycles. The van der Waals surface area contributed by atoms with Gasteiger partial charge < -0.3 is 15.0 Å². The minimum absolute atomic E-state index is 0.129. The standard InChI is InChI=1S/C21H23F2N7O/c1-3-29-8-4-5-15(12-29)25-21-27-26-19(17-9-13(2)28-30(17)21)16-7-6-14(11-24)10-18(16)31-20(22)23/h6-7,9-10,15,20H,3-5,8,12H2,1-2H3,(H,25,27)/t15-/m1/s1. The van der Waals surface area contributed by atoms with Crippen LogP contribution in [-0.2, 0) is 0 Å². The van der Waals surface area contributed by atoms with Crippen LogP contribution in [0.5, 0.6) is 5.75 Å². The quantitative estimate of drug-likeness (QED) is 0.644. The minimum Gasteiger partial charge on any atom is -0.434 e. The Labute approximate surface area is 178 Å². The van der Waals surface area contributed by atoms with Crippen LogP contribution in [0.2, 0.25) is 0 Å². The van der Waals surface area contributed by atoms with Crippen LogP contribution in [0, 0.1) is 18.3 Å². The summed E-state index contributed by atoms with van der Waals surface area (Å²) in [5.74, 6) is 0.371. The van der Waals surface area contributed by atoms with Gasteiger partial charge in [0, 0.05) is 18.2 Å².